The van der Waals surface area contributed by atoms with Crippen LogP contribution in [0.1, 0.15) is 23.8 Å². The number of benzene rings is 1. The molecule has 0 spiro atoms. The molecule has 0 fully saturated rings. The highest BCUT2D eigenvalue weighted by Crippen LogP contribution is 2.34. The van der Waals surface area contributed by atoms with Gasteiger partial charge in [-0.15, -0.1) is 0 Å². The second kappa shape index (κ2) is 5.00. The van der Waals surface area contributed by atoms with Gasteiger partial charge in [-0.2, -0.15) is 9.52 Å². The monoisotopic (exact) mass is 308 g/mol. The molecule has 3 rings (SSSR count). The van der Waals surface area contributed by atoms with Crippen LogP contribution in [0.3, 0.4) is 0 Å². The Morgan fingerprint density at radius 1 is 1.33 bits per heavy atom. The fourth-order valence-electron chi connectivity index (χ4n) is 2.33. The summed E-state index contributed by atoms with van der Waals surface area (Å²) in [4.78, 5) is 0. The van der Waals surface area contributed by atoms with Crippen molar-refractivity contribution in [2.75, 3.05) is 6.26 Å². The first kappa shape index (κ1) is 13.8. The van der Waals surface area contributed by atoms with Gasteiger partial charge in [0.1, 0.15) is 17.6 Å². The highest BCUT2D eigenvalue weighted by molar-refractivity contribution is 7.88. The summed E-state index contributed by atoms with van der Waals surface area (Å²) >= 11 is 0. The molecule has 0 unspecified atom stereocenters. The van der Waals surface area contributed by atoms with E-state index in [0.717, 1.165) is 10.7 Å². The Morgan fingerprint density at radius 3 is 2.76 bits per heavy atom. The number of hydrogen-bond donors (Lipinski definition) is 0. The van der Waals surface area contributed by atoms with Crippen molar-refractivity contribution in [3.05, 3.63) is 59.8 Å². The summed E-state index contributed by atoms with van der Waals surface area (Å²) in [5.74, 6) is 0.123. The molecule has 0 bridgehead atoms. The zero-order valence-corrected chi connectivity index (χ0v) is 12.0. The van der Waals surface area contributed by atoms with Crippen molar-refractivity contribution in [1.29, 1.82) is 0 Å². The molecule has 110 valence electrons. The van der Waals surface area contributed by atoms with Crippen molar-refractivity contribution in [2.45, 2.75) is 12.5 Å². The number of halogens is 1. The van der Waals surface area contributed by atoms with E-state index in [4.69, 9.17) is 4.42 Å². The molecule has 2 heterocycles. The van der Waals surface area contributed by atoms with Crippen LogP contribution >= 0.6 is 0 Å². The molecule has 1 aliphatic heterocycles. The van der Waals surface area contributed by atoms with E-state index in [2.05, 4.69) is 5.10 Å². The predicted molar refractivity (Wildman–Crippen MR) is 75.7 cm³/mol. The minimum Gasteiger partial charge on any atom is -0.467 e. The van der Waals surface area contributed by atoms with Crippen LogP contribution in [0.4, 0.5) is 4.39 Å². The van der Waals surface area contributed by atoms with E-state index >= 15 is 0 Å². The average molecular weight is 308 g/mol. The third-order valence-corrected chi connectivity index (χ3v) is 4.26. The van der Waals surface area contributed by atoms with E-state index in [1.165, 1.54) is 18.4 Å². The van der Waals surface area contributed by atoms with Crippen LogP contribution < -0.4 is 0 Å². The van der Waals surface area contributed by atoms with Gasteiger partial charge in [0.2, 0.25) is 10.0 Å². The summed E-state index contributed by atoms with van der Waals surface area (Å²) in [6.07, 6.45) is 2.90. The first-order chi connectivity index (χ1) is 9.95. The van der Waals surface area contributed by atoms with Crippen molar-refractivity contribution in [3.63, 3.8) is 0 Å². The number of rotatable bonds is 3. The summed E-state index contributed by atoms with van der Waals surface area (Å²) < 4.78 is 43.4. The molecule has 1 aromatic heterocycles. The molecular formula is C14H13FN2O3S. The van der Waals surface area contributed by atoms with E-state index in [1.54, 1.807) is 24.3 Å². The highest BCUT2D eigenvalue weighted by atomic mass is 32.2. The van der Waals surface area contributed by atoms with Gasteiger partial charge < -0.3 is 4.42 Å². The first-order valence-electron chi connectivity index (χ1n) is 6.31. The van der Waals surface area contributed by atoms with Gasteiger partial charge in [-0.1, -0.05) is 12.1 Å². The summed E-state index contributed by atoms with van der Waals surface area (Å²) in [6, 6.07) is 8.79. The second-order valence-corrected chi connectivity index (χ2v) is 6.67. The zero-order chi connectivity index (χ0) is 15.0. The van der Waals surface area contributed by atoms with Crippen LogP contribution in [0.25, 0.3) is 0 Å². The molecule has 21 heavy (non-hydrogen) atoms. The smallest absolute Gasteiger partial charge is 0.247 e. The summed E-state index contributed by atoms with van der Waals surface area (Å²) in [5.41, 5.74) is 1.08. The van der Waals surface area contributed by atoms with Gasteiger partial charge in [0, 0.05) is 12.0 Å². The van der Waals surface area contributed by atoms with Gasteiger partial charge in [0.25, 0.3) is 0 Å². The van der Waals surface area contributed by atoms with Crippen LogP contribution in [0.2, 0.25) is 0 Å². The van der Waals surface area contributed by atoms with E-state index in [0.29, 0.717) is 23.5 Å². The SMILES string of the molecule is CS(=O)(=O)N1N=C(c2cccc(F)c2)C[C@@H]1c1ccco1. The fourth-order valence-corrected chi connectivity index (χ4v) is 3.22. The fraction of sp³-hybridized carbons (Fsp3) is 0.214. The summed E-state index contributed by atoms with van der Waals surface area (Å²) in [7, 11) is -3.54. The molecule has 0 saturated carbocycles. The Hall–Kier alpha value is -2.15. The number of hydrazone groups is 1. The summed E-state index contributed by atoms with van der Waals surface area (Å²) in [6.45, 7) is 0. The van der Waals surface area contributed by atoms with Gasteiger partial charge in [-0.05, 0) is 24.3 Å². The Kier molecular flexibility index (Phi) is 3.29. The number of hydrogen-bond acceptors (Lipinski definition) is 4. The molecule has 0 aliphatic carbocycles. The van der Waals surface area contributed by atoms with E-state index in [1.807, 2.05) is 0 Å². The maximum Gasteiger partial charge on any atom is 0.247 e. The van der Waals surface area contributed by atoms with Crippen molar-refractivity contribution in [2.24, 2.45) is 5.10 Å². The quantitative estimate of drug-likeness (QED) is 0.875. The normalized spacial score (nSPS) is 18.9. The molecular weight excluding hydrogens is 295 g/mol. The lowest BCUT2D eigenvalue weighted by Crippen LogP contribution is -2.25. The van der Waals surface area contributed by atoms with Gasteiger partial charge >= 0.3 is 0 Å². The molecule has 1 aliphatic rings. The highest BCUT2D eigenvalue weighted by Gasteiger charge is 2.36. The molecule has 1 atom stereocenters. The Balaban J connectivity index is 2.01. The Bertz CT molecular complexity index is 784. The lowest BCUT2D eigenvalue weighted by molar-refractivity contribution is 0.322. The van der Waals surface area contributed by atoms with E-state index in [9.17, 15) is 12.8 Å². The van der Waals surface area contributed by atoms with Crippen LogP contribution in [0.15, 0.2) is 52.2 Å². The van der Waals surface area contributed by atoms with Gasteiger partial charge in [-0.25, -0.2) is 12.8 Å². The third kappa shape index (κ3) is 2.69. The van der Waals surface area contributed by atoms with Gasteiger partial charge in [0.05, 0.1) is 18.2 Å². The van der Waals surface area contributed by atoms with Gasteiger partial charge in [-0.3, -0.25) is 0 Å². The van der Waals surface area contributed by atoms with E-state index in [-0.39, 0.29) is 5.82 Å². The minimum absolute atomic E-state index is 0.337. The van der Waals surface area contributed by atoms with Crippen LogP contribution in [0.5, 0.6) is 0 Å². The molecule has 2 aromatic rings. The van der Waals surface area contributed by atoms with Crippen molar-refractivity contribution >= 4 is 15.7 Å². The molecule has 0 saturated heterocycles. The molecule has 0 amide bonds. The lowest BCUT2D eigenvalue weighted by atomic mass is 10.0. The lowest BCUT2D eigenvalue weighted by Gasteiger charge is -2.18. The average Bonchev–Trinajstić information content (AvgIpc) is 3.07. The van der Waals surface area contributed by atoms with Crippen LogP contribution in [-0.2, 0) is 10.0 Å². The summed E-state index contributed by atoms with van der Waals surface area (Å²) in [5, 5.41) is 4.14. The zero-order valence-electron chi connectivity index (χ0n) is 11.2. The Morgan fingerprint density at radius 2 is 2.14 bits per heavy atom. The molecule has 1 aromatic carbocycles. The molecule has 7 heteroatoms. The van der Waals surface area contributed by atoms with Crippen LogP contribution in [-0.4, -0.2) is 24.8 Å². The topological polar surface area (TPSA) is 62.9 Å². The predicted octanol–water partition coefficient (Wildman–Crippen LogP) is 2.53. The first-order valence-corrected chi connectivity index (χ1v) is 8.16. The van der Waals surface area contributed by atoms with Crippen molar-refractivity contribution < 1.29 is 17.2 Å². The van der Waals surface area contributed by atoms with Crippen LogP contribution in [0, 0.1) is 5.82 Å². The van der Waals surface area contributed by atoms with Gasteiger partial charge in [0.15, 0.2) is 0 Å². The molecule has 5 nitrogen and oxygen atoms in total. The maximum absolute atomic E-state index is 13.3. The number of nitrogens with zero attached hydrogens (tertiary/aromatic N) is 2. The second-order valence-electron chi connectivity index (χ2n) is 4.83. The Labute approximate surface area is 121 Å². The minimum atomic E-state index is -3.54. The number of sulfonamides is 1. The standard InChI is InChI=1S/C14H13FN2O3S/c1-21(18,19)17-13(14-6-3-7-20-14)9-12(16-17)10-4-2-5-11(15)8-10/h2-8,13H,9H2,1H3/t13-/m1/s1. The molecule has 0 N–H and O–H groups in total. The van der Waals surface area contributed by atoms with E-state index < -0.39 is 16.1 Å². The number of furan rings is 1. The van der Waals surface area contributed by atoms with Crippen molar-refractivity contribution in [3.8, 4) is 0 Å². The molecule has 0 radical (unpaired) electrons. The third-order valence-electron chi connectivity index (χ3n) is 3.24. The largest absolute Gasteiger partial charge is 0.467 e. The van der Waals surface area contributed by atoms with Crippen molar-refractivity contribution in [1.82, 2.24) is 4.41 Å². The maximum atomic E-state index is 13.3.